The maximum atomic E-state index is 12.9. The van der Waals surface area contributed by atoms with Crippen LogP contribution in [0.5, 0.6) is 0 Å². The minimum absolute atomic E-state index is 0. The molecule has 2 amide bonds. The number of nitrogens with one attached hydrogen (secondary N) is 2. The predicted octanol–water partition coefficient (Wildman–Crippen LogP) is 0.149. The van der Waals surface area contributed by atoms with Crippen molar-refractivity contribution in [2.24, 2.45) is 5.73 Å². The van der Waals surface area contributed by atoms with E-state index < -0.39 is 40.0 Å². The van der Waals surface area contributed by atoms with Gasteiger partial charge in [-0.05, 0) is 29.2 Å². The average Bonchev–Trinajstić information content (AvgIpc) is 3.27. The molecule has 2 aromatic rings. The number of aliphatic hydroxyl groups excluding tert-OH is 1. The lowest BCUT2D eigenvalue weighted by Gasteiger charge is -2.25. The Hall–Kier alpha value is -2.24. The van der Waals surface area contributed by atoms with Crippen molar-refractivity contribution in [2.45, 2.75) is 37.5 Å². The van der Waals surface area contributed by atoms with Crippen LogP contribution in [0.15, 0.2) is 42.5 Å². The molecule has 1 aliphatic rings. The third-order valence-corrected chi connectivity index (χ3v) is 6.89. The summed E-state index contributed by atoms with van der Waals surface area (Å²) in [6.07, 6.45) is 1.37. The normalized spacial score (nSPS) is 18.3. The maximum Gasteiger partial charge on any atom is 0.243 e. The molecule has 2 unspecified atom stereocenters. The Balaban J connectivity index is 0.00000385. The number of amides is 2. The van der Waals surface area contributed by atoms with Crippen LogP contribution in [-0.4, -0.2) is 73.7 Å². The number of hydrogen-bond acceptors (Lipinski definition) is 6. The lowest BCUT2D eigenvalue weighted by Crippen LogP contribution is -2.54. The minimum atomic E-state index is -3.54. The summed E-state index contributed by atoms with van der Waals surface area (Å²) >= 11 is 0. The number of carbonyl (C=O) groups is 2. The molecule has 5 N–H and O–H groups in total. The fourth-order valence-electron chi connectivity index (χ4n) is 3.90. The number of benzene rings is 2. The molecule has 1 fully saturated rings. The number of fused-ring (bicyclic) bond motifs is 1. The number of nitrogens with zero attached hydrogens (tertiary/aromatic N) is 1. The van der Waals surface area contributed by atoms with E-state index in [9.17, 15) is 23.1 Å². The van der Waals surface area contributed by atoms with Crippen molar-refractivity contribution in [3.8, 4) is 0 Å². The van der Waals surface area contributed by atoms with Crippen LogP contribution < -0.4 is 16.4 Å². The smallest absolute Gasteiger partial charge is 0.243 e. The van der Waals surface area contributed by atoms with Crippen LogP contribution in [0.25, 0.3) is 10.8 Å². The summed E-state index contributed by atoms with van der Waals surface area (Å²) in [5.74, 6) is -0.976. The number of rotatable bonds is 9. The van der Waals surface area contributed by atoms with E-state index in [4.69, 9.17) is 5.73 Å². The van der Waals surface area contributed by atoms with Crippen LogP contribution in [-0.2, 0) is 26.0 Å². The molecule has 1 aliphatic heterocycles. The van der Waals surface area contributed by atoms with E-state index in [1.165, 1.54) is 4.31 Å². The Morgan fingerprint density at radius 2 is 1.91 bits per heavy atom. The number of carbonyl (C=O) groups excluding carboxylic acids is 2. The molecule has 1 saturated heterocycles. The van der Waals surface area contributed by atoms with E-state index in [-0.39, 0.29) is 38.5 Å². The zero-order valence-corrected chi connectivity index (χ0v) is 20.1. The first-order chi connectivity index (χ1) is 15.2. The van der Waals surface area contributed by atoms with Crippen molar-refractivity contribution in [3.05, 3.63) is 48.0 Å². The van der Waals surface area contributed by atoms with Crippen molar-refractivity contribution in [3.63, 3.8) is 0 Å². The van der Waals surface area contributed by atoms with Gasteiger partial charge in [0.2, 0.25) is 21.8 Å². The van der Waals surface area contributed by atoms with Crippen LogP contribution >= 0.6 is 12.4 Å². The zero-order valence-electron chi connectivity index (χ0n) is 18.4. The van der Waals surface area contributed by atoms with Gasteiger partial charge in [-0.25, -0.2) is 8.42 Å². The van der Waals surface area contributed by atoms with E-state index in [0.29, 0.717) is 12.8 Å². The molecular formula is C22H31ClN4O5S. The predicted molar refractivity (Wildman–Crippen MR) is 129 cm³/mol. The summed E-state index contributed by atoms with van der Waals surface area (Å²) in [7, 11) is -3.54. The monoisotopic (exact) mass is 498 g/mol. The quantitative estimate of drug-likeness (QED) is 0.387. The molecule has 0 bridgehead atoms. The molecule has 3 atom stereocenters. The van der Waals surface area contributed by atoms with Gasteiger partial charge in [0.25, 0.3) is 0 Å². The topological polar surface area (TPSA) is 142 Å². The van der Waals surface area contributed by atoms with Gasteiger partial charge in [0.05, 0.1) is 12.4 Å². The van der Waals surface area contributed by atoms with Crippen molar-refractivity contribution < 1.29 is 23.1 Å². The van der Waals surface area contributed by atoms with Crippen LogP contribution in [0.3, 0.4) is 0 Å². The molecule has 0 radical (unpaired) electrons. The molecule has 0 saturated carbocycles. The number of aliphatic hydroxyl groups is 1. The number of hydrogen-bond donors (Lipinski definition) is 4. The van der Waals surface area contributed by atoms with E-state index in [1.54, 1.807) is 0 Å². The Kier molecular flexibility index (Phi) is 9.62. The van der Waals surface area contributed by atoms with E-state index >= 15 is 0 Å². The molecule has 3 rings (SSSR count). The molecular weight excluding hydrogens is 468 g/mol. The summed E-state index contributed by atoms with van der Waals surface area (Å²) in [4.78, 5) is 25.8. The maximum absolute atomic E-state index is 12.9. The van der Waals surface area contributed by atoms with E-state index in [2.05, 4.69) is 10.6 Å². The van der Waals surface area contributed by atoms with Crippen molar-refractivity contribution in [2.75, 3.05) is 25.9 Å². The highest BCUT2D eigenvalue weighted by atomic mass is 35.5. The molecule has 0 spiro atoms. The van der Waals surface area contributed by atoms with E-state index in [1.807, 2.05) is 42.5 Å². The minimum Gasteiger partial charge on any atom is -0.390 e. The fourth-order valence-corrected chi connectivity index (χ4v) is 5.03. The summed E-state index contributed by atoms with van der Waals surface area (Å²) in [6.45, 7) is 0.229. The van der Waals surface area contributed by atoms with Crippen molar-refractivity contribution in [1.82, 2.24) is 14.9 Å². The standard InChI is InChI=1S/C22H30N4O5S.ClH/c1-32(30,31)26-10-4-7-20(26)22(29)25-19(21(28)24-14-18(27)13-23)12-15-8-9-16-5-2-3-6-17(16)11-15;/h2-3,5-6,8-9,11,18-20,27H,4,7,10,12-14,23H2,1H3,(H,24,28)(H,25,29);1H/t18?,19-,20?;/m1./s1. The van der Waals surface area contributed by atoms with Crippen LogP contribution in [0, 0.1) is 0 Å². The first-order valence-corrected chi connectivity index (χ1v) is 12.4. The van der Waals surface area contributed by atoms with Gasteiger partial charge in [-0.2, -0.15) is 4.31 Å². The molecule has 11 heteroatoms. The van der Waals surface area contributed by atoms with Gasteiger partial charge in [-0.1, -0.05) is 42.5 Å². The molecule has 1 heterocycles. The van der Waals surface area contributed by atoms with Gasteiger partial charge < -0.3 is 21.5 Å². The molecule has 33 heavy (non-hydrogen) atoms. The highest BCUT2D eigenvalue weighted by molar-refractivity contribution is 7.88. The van der Waals surface area contributed by atoms with Crippen LogP contribution in [0.1, 0.15) is 18.4 Å². The fraction of sp³-hybridized carbons (Fsp3) is 0.455. The molecule has 0 aliphatic carbocycles. The zero-order chi connectivity index (χ0) is 23.3. The van der Waals surface area contributed by atoms with Crippen LogP contribution in [0.2, 0.25) is 0 Å². The van der Waals surface area contributed by atoms with Crippen LogP contribution in [0.4, 0.5) is 0 Å². The second-order valence-electron chi connectivity index (χ2n) is 8.11. The number of nitrogens with two attached hydrogens (primary N) is 1. The first-order valence-electron chi connectivity index (χ1n) is 10.6. The van der Waals surface area contributed by atoms with Gasteiger partial charge in [0.1, 0.15) is 12.1 Å². The Bertz CT molecular complexity index is 1080. The molecule has 9 nitrogen and oxygen atoms in total. The Morgan fingerprint density at radius 3 is 2.58 bits per heavy atom. The highest BCUT2D eigenvalue weighted by Crippen LogP contribution is 2.21. The second-order valence-corrected chi connectivity index (χ2v) is 10.0. The lowest BCUT2D eigenvalue weighted by molar-refractivity contribution is -0.130. The second kappa shape index (κ2) is 11.8. The van der Waals surface area contributed by atoms with Crippen molar-refractivity contribution in [1.29, 1.82) is 0 Å². The lowest BCUT2D eigenvalue weighted by atomic mass is 10.0. The van der Waals surface area contributed by atoms with Gasteiger partial charge >= 0.3 is 0 Å². The van der Waals surface area contributed by atoms with Gasteiger partial charge in [-0.15, -0.1) is 12.4 Å². The Labute approximate surface area is 200 Å². The number of sulfonamides is 1. The van der Waals surface area contributed by atoms with Gasteiger partial charge in [-0.3, -0.25) is 9.59 Å². The van der Waals surface area contributed by atoms with Gasteiger partial charge in [0, 0.05) is 26.1 Å². The largest absolute Gasteiger partial charge is 0.390 e. The first kappa shape index (κ1) is 27.0. The van der Waals surface area contributed by atoms with Gasteiger partial charge in [0.15, 0.2) is 0 Å². The van der Waals surface area contributed by atoms with Crippen molar-refractivity contribution >= 4 is 45.0 Å². The molecule has 182 valence electrons. The third-order valence-electron chi connectivity index (χ3n) is 5.60. The highest BCUT2D eigenvalue weighted by Gasteiger charge is 2.37. The summed E-state index contributed by atoms with van der Waals surface area (Å²) in [6, 6.07) is 11.8. The summed E-state index contributed by atoms with van der Waals surface area (Å²) in [5, 5.41) is 17.1. The molecule has 2 aromatic carbocycles. The summed E-state index contributed by atoms with van der Waals surface area (Å²) in [5.41, 5.74) is 6.24. The summed E-state index contributed by atoms with van der Waals surface area (Å²) < 4.78 is 25.2. The Morgan fingerprint density at radius 1 is 1.21 bits per heavy atom. The van der Waals surface area contributed by atoms with E-state index in [0.717, 1.165) is 22.6 Å². The third kappa shape index (κ3) is 7.12. The molecule has 0 aromatic heterocycles. The number of halogens is 1. The average molecular weight is 499 g/mol. The SMILES string of the molecule is CS(=O)(=O)N1CCCC1C(=O)N[C@H](Cc1ccc2ccccc2c1)C(=O)NCC(O)CN.Cl.